The van der Waals surface area contributed by atoms with Crippen LogP contribution in [0.25, 0.3) is 0 Å². The van der Waals surface area contributed by atoms with E-state index in [0.29, 0.717) is 0 Å². The van der Waals surface area contributed by atoms with Crippen LogP contribution >= 0.6 is 28.5 Å². The lowest BCUT2D eigenvalue weighted by molar-refractivity contribution is 0.363. The summed E-state index contributed by atoms with van der Waals surface area (Å²) in [4.78, 5) is 0. The van der Waals surface area contributed by atoms with Crippen LogP contribution in [0.4, 0.5) is 4.20 Å². The molecule has 0 spiro atoms. The van der Waals surface area contributed by atoms with Crippen LogP contribution in [0.2, 0.25) is 0 Å². The van der Waals surface area contributed by atoms with Crippen molar-refractivity contribution < 1.29 is 16.7 Å². The largest absolute Gasteiger partial charge is 0.532 e. The number of halogens is 1. The van der Waals surface area contributed by atoms with E-state index in [9.17, 15) is 4.57 Å². The molecule has 0 amide bonds. The third kappa shape index (κ3) is 30.7. The minimum atomic E-state index is -4.74. The fourth-order valence-corrected chi connectivity index (χ4v) is 18.1. The summed E-state index contributed by atoms with van der Waals surface area (Å²) < 4.78 is 44.9. The predicted octanol–water partition coefficient (Wildman–Crippen LogP) is 18.1. The van der Waals surface area contributed by atoms with Crippen molar-refractivity contribution in [1.29, 1.82) is 0 Å². The van der Waals surface area contributed by atoms with Gasteiger partial charge in [0.25, 0.3) is 0 Å². The average Bonchev–Trinajstić information content (AvgIpc) is 3.10. The monoisotopic (exact) mass is 785 g/mol. The topological polar surface area (TPSA) is 35.5 Å². The Hall–Kier alpha value is 0.780. The summed E-state index contributed by atoms with van der Waals surface area (Å²) in [5.41, 5.74) is 0. The maximum Gasteiger partial charge on any atom is 0.532 e. The molecule has 0 saturated carbocycles. The molecule has 51 heavy (non-hydrogen) atoms. The SMILES string of the molecule is CCCCCCCCS(CCCCCCC)(CCCCCCC)OP(=O)(F)OS(CCCCCCC)(CCCCCCC)CCCCCCCC. The van der Waals surface area contributed by atoms with Crippen LogP contribution < -0.4 is 0 Å². The van der Waals surface area contributed by atoms with E-state index in [2.05, 4.69) is 41.5 Å². The van der Waals surface area contributed by atoms with Gasteiger partial charge in [0.2, 0.25) is 0 Å². The first-order valence-electron chi connectivity index (χ1n) is 23.0. The molecule has 0 aliphatic carbocycles. The summed E-state index contributed by atoms with van der Waals surface area (Å²) >= 11 is 0. The van der Waals surface area contributed by atoms with E-state index in [4.69, 9.17) is 7.94 Å². The lowest BCUT2D eigenvalue weighted by atomic mass is 10.1. The first-order chi connectivity index (χ1) is 24.8. The van der Waals surface area contributed by atoms with E-state index in [1.165, 1.54) is 167 Å². The molecule has 0 aromatic rings. The fourth-order valence-electron chi connectivity index (χ4n) is 7.39. The quantitative estimate of drug-likeness (QED) is 0.0457. The van der Waals surface area contributed by atoms with Gasteiger partial charge >= 0.3 is 7.91 Å². The van der Waals surface area contributed by atoms with E-state index < -0.39 is 28.5 Å². The van der Waals surface area contributed by atoms with Gasteiger partial charge in [0.1, 0.15) is 0 Å². The highest BCUT2D eigenvalue weighted by Gasteiger charge is 2.42. The lowest BCUT2D eigenvalue weighted by Crippen LogP contribution is -2.20. The first-order valence-corrected chi connectivity index (χ1v) is 28.6. The van der Waals surface area contributed by atoms with Gasteiger partial charge in [-0.2, -0.15) is 0 Å². The summed E-state index contributed by atoms with van der Waals surface area (Å²) in [5, 5.41) is 0. The molecule has 0 radical (unpaired) electrons. The van der Waals surface area contributed by atoms with Gasteiger partial charge in [0.05, 0.1) is 0 Å². The Morgan fingerprint density at radius 1 is 0.314 bits per heavy atom. The van der Waals surface area contributed by atoms with Crippen LogP contribution in [-0.2, 0) is 12.5 Å². The molecule has 3 nitrogen and oxygen atoms in total. The standard InChI is InChI=1S/C44H94FO3PS2/c1-7-13-19-25-31-37-43-50(39-33-27-21-15-9-3,40-34-28-22-16-10-4)47-49(45,46)48-51(41-35-29-23-17-11-5,42-36-30-24-18-12-6)44-38-32-26-20-14-8-2/h7-44H2,1-6H3. The van der Waals surface area contributed by atoms with E-state index in [1.807, 2.05) is 0 Å². The molecular formula is C44H94FO3PS2. The predicted molar refractivity (Wildman–Crippen MR) is 237 cm³/mol. The summed E-state index contributed by atoms with van der Waals surface area (Å²) in [7, 11) is -8.43. The van der Waals surface area contributed by atoms with E-state index in [-0.39, 0.29) is 0 Å². The van der Waals surface area contributed by atoms with Gasteiger partial charge in [-0.1, -0.05) is 208 Å². The van der Waals surface area contributed by atoms with Crippen molar-refractivity contribution >= 4 is 28.5 Å². The Balaban J connectivity index is 6.33. The minimum absolute atomic E-state index is 0.893. The van der Waals surface area contributed by atoms with Crippen LogP contribution in [0.1, 0.15) is 247 Å². The van der Waals surface area contributed by atoms with Gasteiger partial charge in [-0.25, -0.2) is 12.5 Å². The molecule has 0 atom stereocenters. The van der Waals surface area contributed by atoms with Crippen molar-refractivity contribution in [3.8, 4) is 0 Å². The third-order valence-corrected chi connectivity index (χ3v) is 20.9. The van der Waals surface area contributed by atoms with Gasteiger partial charge in [-0.15, -0.1) is 24.8 Å². The Labute approximate surface area is 325 Å². The van der Waals surface area contributed by atoms with Crippen molar-refractivity contribution in [3.05, 3.63) is 0 Å². The summed E-state index contributed by atoms with van der Waals surface area (Å²) in [5.74, 6) is 5.36. The second-order valence-electron chi connectivity index (χ2n) is 15.9. The molecule has 0 heterocycles. The summed E-state index contributed by atoms with van der Waals surface area (Å²) in [6.45, 7) is 13.6. The van der Waals surface area contributed by atoms with Gasteiger partial charge < -0.3 is 0 Å². The Morgan fingerprint density at radius 3 is 0.647 bits per heavy atom. The molecule has 0 bridgehead atoms. The molecule has 0 aromatic heterocycles. The van der Waals surface area contributed by atoms with Crippen molar-refractivity contribution in [2.45, 2.75) is 247 Å². The molecule has 0 aromatic carbocycles. The highest BCUT2D eigenvalue weighted by molar-refractivity contribution is 8.33. The summed E-state index contributed by atoms with van der Waals surface area (Å²) in [6.07, 6.45) is 38.3. The zero-order valence-electron chi connectivity index (χ0n) is 35.7. The Kier molecular flexibility index (Phi) is 37.0. The van der Waals surface area contributed by atoms with Gasteiger partial charge in [0, 0.05) is 0 Å². The molecule has 0 aliphatic rings. The number of hydrogen-bond acceptors (Lipinski definition) is 3. The molecule has 0 fully saturated rings. The molecule has 0 saturated heterocycles. The fraction of sp³-hybridized carbons (Fsp3) is 1.00. The van der Waals surface area contributed by atoms with Crippen LogP contribution in [0.5, 0.6) is 0 Å². The number of hydrogen-bond donors (Lipinski definition) is 0. The van der Waals surface area contributed by atoms with Crippen molar-refractivity contribution in [2.24, 2.45) is 0 Å². The second kappa shape index (κ2) is 36.4. The molecule has 0 rings (SSSR count). The van der Waals surface area contributed by atoms with Crippen LogP contribution in [0.3, 0.4) is 0 Å². The maximum atomic E-state index is 17.1. The first kappa shape index (κ1) is 51.8. The summed E-state index contributed by atoms with van der Waals surface area (Å²) in [6, 6.07) is 0. The molecule has 7 heteroatoms. The molecule has 312 valence electrons. The molecular weight excluding hydrogens is 691 g/mol. The second-order valence-corrected chi connectivity index (χ2v) is 24.3. The number of rotatable bonds is 42. The average molecular weight is 785 g/mol. The van der Waals surface area contributed by atoms with E-state index in [1.54, 1.807) is 0 Å². The Morgan fingerprint density at radius 2 is 0.471 bits per heavy atom. The number of unbranched alkanes of at least 4 members (excludes halogenated alkanes) is 26. The van der Waals surface area contributed by atoms with E-state index >= 15 is 4.20 Å². The normalized spacial score (nSPS) is 13.3. The van der Waals surface area contributed by atoms with Crippen molar-refractivity contribution in [2.75, 3.05) is 34.5 Å². The van der Waals surface area contributed by atoms with Crippen molar-refractivity contribution in [1.82, 2.24) is 0 Å². The molecule has 0 aliphatic heterocycles. The highest BCUT2D eigenvalue weighted by atomic mass is 32.3. The van der Waals surface area contributed by atoms with Gasteiger partial charge in [-0.3, -0.25) is 0 Å². The van der Waals surface area contributed by atoms with Gasteiger partial charge in [0.15, 0.2) is 0 Å². The van der Waals surface area contributed by atoms with Crippen LogP contribution in [0, 0.1) is 0 Å². The maximum absolute atomic E-state index is 17.1. The molecule has 0 N–H and O–H groups in total. The highest BCUT2D eigenvalue weighted by Crippen LogP contribution is 2.73. The lowest BCUT2D eigenvalue weighted by Gasteiger charge is -2.44. The minimum Gasteiger partial charge on any atom is -0.233 e. The van der Waals surface area contributed by atoms with Crippen LogP contribution in [0.15, 0.2) is 0 Å². The zero-order chi connectivity index (χ0) is 37.8. The van der Waals surface area contributed by atoms with Crippen LogP contribution in [-0.4, -0.2) is 34.5 Å². The molecule has 0 unspecified atom stereocenters. The van der Waals surface area contributed by atoms with Gasteiger partial charge in [-0.05, 0) is 73.0 Å². The van der Waals surface area contributed by atoms with Crippen molar-refractivity contribution in [3.63, 3.8) is 0 Å². The van der Waals surface area contributed by atoms with E-state index in [0.717, 1.165) is 73.0 Å². The smallest absolute Gasteiger partial charge is 0.233 e. The third-order valence-electron chi connectivity index (χ3n) is 10.7. The zero-order valence-corrected chi connectivity index (χ0v) is 38.3. The Bertz CT molecular complexity index is 685.